The van der Waals surface area contributed by atoms with Crippen LogP contribution in [0.1, 0.15) is 5.01 Å². The number of carbonyl (C=O) groups excluding carboxylic acids is 2. The molecule has 134 valence electrons. The van der Waals surface area contributed by atoms with Gasteiger partial charge in [0.15, 0.2) is 0 Å². The van der Waals surface area contributed by atoms with Crippen LogP contribution in [0.2, 0.25) is 5.02 Å². The molecule has 0 saturated heterocycles. The summed E-state index contributed by atoms with van der Waals surface area (Å²) < 4.78 is 6.27. The monoisotopic (exact) mass is 406 g/mol. The van der Waals surface area contributed by atoms with Crippen molar-refractivity contribution in [3.05, 3.63) is 58.6 Å². The first-order valence-electron chi connectivity index (χ1n) is 7.73. The third kappa shape index (κ3) is 5.45. The van der Waals surface area contributed by atoms with Gasteiger partial charge in [-0.2, -0.15) is 0 Å². The Morgan fingerprint density at radius 1 is 1.12 bits per heavy atom. The van der Waals surface area contributed by atoms with Crippen LogP contribution in [-0.4, -0.2) is 28.4 Å². The molecule has 2 aromatic carbocycles. The molecule has 0 fully saturated rings. The number of ether oxygens (including phenoxy) is 1. The highest BCUT2D eigenvalue weighted by Gasteiger charge is 2.09. The molecule has 0 aliphatic heterocycles. The lowest BCUT2D eigenvalue weighted by atomic mass is 10.3. The van der Waals surface area contributed by atoms with E-state index in [4.69, 9.17) is 16.3 Å². The van der Waals surface area contributed by atoms with E-state index in [1.54, 1.807) is 24.3 Å². The number of carbonyl (C=O) groups is 2. The van der Waals surface area contributed by atoms with Crippen molar-refractivity contribution in [2.45, 2.75) is 6.61 Å². The van der Waals surface area contributed by atoms with Crippen LogP contribution in [0.4, 0.5) is 5.69 Å². The van der Waals surface area contributed by atoms with Crippen LogP contribution < -0.4 is 5.32 Å². The molecule has 0 unspecified atom stereocenters. The highest BCUT2D eigenvalue weighted by Crippen LogP contribution is 2.22. The molecule has 1 N–H and O–H groups in total. The fourth-order valence-corrected chi connectivity index (χ4v) is 3.74. The molecule has 1 amide bonds. The highest BCUT2D eigenvalue weighted by molar-refractivity contribution is 8.00. The molecule has 0 aliphatic rings. The molecule has 0 bridgehead atoms. The highest BCUT2D eigenvalue weighted by atomic mass is 35.5. The second-order valence-electron chi connectivity index (χ2n) is 5.28. The number of esters is 1. The molecule has 0 aliphatic carbocycles. The molecule has 0 spiro atoms. The van der Waals surface area contributed by atoms with Gasteiger partial charge in [-0.05, 0) is 36.4 Å². The van der Waals surface area contributed by atoms with Gasteiger partial charge < -0.3 is 10.1 Å². The maximum Gasteiger partial charge on any atom is 0.316 e. The summed E-state index contributed by atoms with van der Waals surface area (Å²) in [7, 11) is 0. The Labute approximate surface area is 163 Å². The summed E-state index contributed by atoms with van der Waals surface area (Å²) in [6, 6.07) is 14.6. The molecule has 1 aromatic heterocycles. The van der Waals surface area contributed by atoms with Gasteiger partial charge in [-0.25, -0.2) is 4.98 Å². The van der Waals surface area contributed by atoms with Crippen LogP contribution >= 0.6 is 34.7 Å². The van der Waals surface area contributed by atoms with Crippen molar-refractivity contribution in [1.82, 2.24) is 4.98 Å². The van der Waals surface area contributed by atoms with E-state index < -0.39 is 0 Å². The van der Waals surface area contributed by atoms with E-state index in [1.807, 2.05) is 24.3 Å². The molecule has 5 nitrogen and oxygen atoms in total. The maximum atomic E-state index is 11.8. The maximum absolute atomic E-state index is 11.8. The van der Waals surface area contributed by atoms with E-state index in [1.165, 1.54) is 23.1 Å². The van der Waals surface area contributed by atoms with Crippen molar-refractivity contribution < 1.29 is 14.3 Å². The van der Waals surface area contributed by atoms with Crippen LogP contribution in [0.15, 0.2) is 48.5 Å². The number of fused-ring (bicyclic) bond motifs is 1. The SMILES string of the molecule is O=C(CSCC(=O)OCc1nc2ccccc2s1)Nc1ccc(Cl)cc1. The molecule has 26 heavy (non-hydrogen) atoms. The third-order valence-electron chi connectivity index (χ3n) is 3.28. The summed E-state index contributed by atoms with van der Waals surface area (Å²) in [4.78, 5) is 28.0. The van der Waals surface area contributed by atoms with E-state index in [-0.39, 0.29) is 30.0 Å². The Morgan fingerprint density at radius 3 is 2.65 bits per heavy atom. The summed E-state index contributed by atoms with van der Waals surface area (Å²) in [6.45, 7) is 0.149. The molecule has 0 atom stereocenters. The molecule has 3 rings (SSSR count). The van der Waals surface area contributed by atoms with Crippen LogP contribution in [0, 0.1) is 0 Å². The number of hydrogen-bond donors (Lipinski definition) is 1. The van der Waals surface area contributed by atoms with Crippen LogP contribution in [0.25, 0.3) is 10.2 Å². The number of para-hydroxylation sites is 1. The first-order valence-corrected chi connectivity index (χ1v) is 10.1. The molecule has 3 aromatic rings. The molecular weight excluding hydrogens is 392 g/mol. The number of amides is 1. The summed E-state index contributed by atoms with van der Waals surface area (Å²) in [5, 5.41) is 4.10. The summed E-state index contributed by atoms with van der Waals surface area (Å²) >= 11 is 8.50. The van der Waals surface area contributed by atoms with Gasteiger partial charge in [-0.15, -0.1) is 23.1 Å². The molecule has 8 heteroatoms. The number of thiazole rings is 1. The van der Waals surface area contributed by atoms with Crippen LogP contribution in [-0.2, 0) is 20.9 Å². The molecule has 1 heterocycles. The van der Waals surface area contributed by atoms with Crippen LogP contribution in [0.3, 0.4) is 0 Å². The fraction of sp³-hybridized carbons (Fsp3) is 0.167. The lowest BCUT2D eigenvalue weighted by Gasteiger charge is -2.05. The Kier molecular flexibility index (Phi) is 6.49. The van der Waals surface area contributed by atoms with Crippen molar-refractivity contribution in [3.8, 4) is 0 Å². The van der Waals surface area contributed by atoms with Gasteiger partial charge in [0, 0.05) is 10.7 Å². The smallest absolute Gasteiger partial charge is 0.316 e. The van der Waals surface area contributed by atoms with Gasteiger partial charge in [0.05, 0.1) is 21.7 Å². The van der Waals surface area contributed by atoms with Gasteiger partial charge in [0.25, 0.3) is 0 Å². The predicted octanol–water partition coefficient (Wildman–Crippen LogP) is 4.36. The van der Waals surface area contributed by atoms with Crippen LogP contribution in [0.5, 0.6) is 0 Å². The van der Waals surface area contributed by atoms with Gasteiger partial charge in [0.1, 0.15) is 11.6 Å². The quantitative estimate of drug-likeness (QED) is 0.590. The van der Waals surface area contributed by atoms with Gasteiger partial charge >= 0.3 is 5.97 Å². The third-order valence-corrected chi connectivity index (χ3v) is 5.44. The lowest BCUT2D eigenvalue weighted by Crippen LogP contribution is -2.16. The fourth-order valence-electron chi connectivity index (χ4n) is 2.12. The normalized spacial score (nSPS) is 10.7. The predicted molar refractivity (Wildman–Crippen MR) is 107 cm³/mol. The molecular formula is C18H15ClN2O3S2. The van der Waals surface area contributed by atoms with Crippen molar-refractivity contribution >= 4 is 62.5 Å². The number of rotatable bonds is 7. The number of thioether (sulfide) groups is 1. The van der Waals surface area contributed by atoms with E-state index in [0.29, 0.717) is 10.7 Å². The van der Waals surface area contributed by atoms with Gasteiger partial charge in [-0.3, -0.25) is 9.59 Å². The number of nitrogens with one attached hydrogen (secondary N) is 1. The standard InChI is InChI=1S/C18H15ClN2O3S2/c19-12-5-7-13(8-6-12)20-16(22)10-25-11-18(23)24-9-17-21-14-3-1-2-4-15(14)26-17/h1-8H,9-11H2,(H,20,22). The largest absolute Gasteiger partial charge is 0.458 e. The zero-order chi connectivity index (χ0) is 18.4. The Bertz CT molecular complexity index is 879. The summed E-state index contributed by atoms with van der Waals surface area (Å²) in [5.41, 5.74) is 1.57. The Morgan fingerprint density at radius 2 is 1.88 bits per heavy atom. The number of nitrogens with zero attached hydrogens (tertiary/aromatic N) is 1. The Balaban J connectivity index is 1.37. The van der Waals surface area contributed by atoms with Crippen molar-refractivity contribution in [1.29, 1.82) is 0 Å². The van der Waals surface area contributed by atoms with E-state index in [0.717, 1.165) is 15.2 Å². The minimum absolute atomic E-state index is 0.110. The second-order valence-corrected chi connectivity index (χ2v) is 7.82. The molecule has 0 saturated carbocycles. The topological polar surface area (TPSA) is 68.3 Å². The summed E-state index contributed by atoms with van der Waals surface area (Å²) in [6.07, 6.45) is 0. The first-order chi connectivity index (χ1) is 12.6. The first kappa shape index (κ1) is 18.7. The summed E-state index contributed by atoms with van der Waals surface area (Å²) in [5.74, 6) is -0.275. The van der Waals surface area contributed by atoms with Gasteiger partial charge in [0.2, 0.25) is 5.91 Å². The number of hydrogen-bond acceptors (Lipinski definition) is 6. The van der Waals surface area contributed by atoms with Crippen molar-refractivity contribution in [3.63, 3.8) is 0 Å². The average molecular weight is 407 g/mol. The zero-order valence-electron chi connectivity index (χ0n) is 13.6. The average Bonchev–Trinajstić information content (AvgIpc) is 3.05. The molecule has 0 radical (unpaired) electrons. The number of aromatic nitrogens is 1. The second kappa shape index (κ2) is 9.02. The van der Waals surface area contributed by atoms with E-state index >= 15 is 0 Å². The minimum Gasteiger partial charge on any atom is -0.458 e. The van der Waals surface area contributed by atoms with E-state index in [2.05, 4.69) is 10.3 Å². The number of anilines is 1. The number of benzene rings is 2. The minimum atomic E-state index is -0.367. The van der Waals surface area contributed by atoms with E-state index in [9.17, 15) is 9.59 Å². The zero-order valence-corrected chi connectivity index (χ0v) is 16.0. The number of halogens is 1. The van der Waals surface area contributed by atoms with Crippen molar-refractivity contribution in [2.75, 3.05) is 16.8 Å². The lowest BCUT2D eigenvalue weighted by molar-refractivity contribution is -0.141. The van der Waals surface area contributed by atoms with Crippen molar-refractivity contribution in [2.24, 2.45) is 0 Å². The Hall–Kier alpha value is -2.09. The van der Waals surface area contributed by atoms with Gasteiger partial charge in [-0.1, -0.05) is 23.7 Å².